The number of halogens is 2. The summed E-state index contributed by atoms with van der Waals surface area (Å²) in [6, 6.07) is 4.80. The molecule has 2 rings (SSSR count). The van der Waals surface area contributed by atoms with Gasteiger partial charge >= 0.3 is 0 Å². The van der Waals surface area contributed by atoms with E-state index in [2.05, 4.69) is 22.9 Å². The van der Waals surface area contributed by atoms with Crippen LogP contribution in [0.3, 0.4) is 0 Å². The predicted octanol–water partition coefficient (Wildman–Crippen LogP) is 3.99. The molecule has 0 amide bonds. The van der Waals surface area contributed by atoms with Gasteiger partial charge in [-0.1, -0.05) is 29.3 Å². The topological polar surface area (TPSA) is 20.2 Å². The standard InChI is InChI=1S/C13H16BrFO/c1-2-9-4-3-7-13(9,16)11-8-10(14)5-6-12(11)15/h5-6,8-9,16H,2-4,7H2,1H3. The zero-order chi connectivity index (χ0) is 11.8. The van der Waals surface area contributed by atoms with E-state index in [9.17, 15) is 9.50 Å². The zero-order valence-corrected chi connectivity index (χ0v) is 10.9. The number of aliphatic hydroxyl groups is 1. The van der Waals surface area contributed by atoms with Gasteiger partial charge < -0.3 is 5.11 Å². The van der Waals surface area contributed by atoms with Crippen molar-refractivity contribution in [3.8, 4) is 0 Å². The fourth-order valence-corrected chi connectivity index (χ4v) is 3.15. The highest BCUT2D eigenvalue weighted by atomic mass is 79.9. The van der Waals surface area contributed by atoms with Crippen LogP contribution >= 0.6 is 15.9 Å². The van der Waals surface area contributed by atoms with Gasteiger partial charge in [0.05, 0.1) is 5.60 Å². The van der Waals surface area contributed by atoms with Crippen LogP contribution in [-0.4, -0.2) is 5.11 Å². The maximum Gasteiger partial charge on any atom is 0.129 e. The van der Waals surface area contributed by atoms with Crippen LogP contribution in [-0.2, 0) is 5.60 Å². The Morgan fingerprint density at radius 2 is 2.31 bits per heavy atom. The summed E-state index contributed by atoms with van der Waals surface area (Å²) < 4.78 is 14.6. The first-order chi connectivity index (χ1) is 7.58. The van der Waals surface area contributed by atoms with Crippen molar-refractivity contribution in [3.05, 3.63) is 34.1 Å². The van der Waals surface area contributed by atoms with Crippen LogP contribution in [0.15, 0.2) is 22.7 Å². The summed E-state index contributed by atoms with van der Waals surface area (Å²) in [5, 5.41) is 10.7. The third-order valence-electron chi connectivity index (χ3n) is 3.67. The van der Waals surface area contributed by atoms with E-state index < -0.39 is 5.60 Å². The van der Waals surface area contributed by atoms with Gasteiger partial charge in [0.15, 0.2) is 0 Å². The molecule has 3 heteroatoms. The van der Waals surface area contributed by atoms with Crippen LogP contribution < -0.4 is 0 Å². The van der Waals surface area contributed by atoms with Crippen LogP contribution in [0.1, 0.15) is 38.2 Å². The van der Waals surface area contributed by atoms with Crippen LogP contribution in [0, 0.1) is 11.7 Å². The van der Waals surface area contributed by atoms with Crippen LogP contribution in [0.5, 0.6) is 0 Å². The Morgan fingerprint density at radius 1 is 1.56 bits per heavy atom. The zero-order valence-electron chi connectivity index (χ0n) is 9.34. The van der Waals surface area contributed by atoms with Crippen molar-refractivity contribution in [2.24, 2.45) is 5.92 Å². The lowest BCUT2D eigenvalue weighted by Crippen LogP contribution is -2.31. The average Bonchev–Trinajstić information content (AvgIpc) is 2.64. The van der Waals surface area contributed by atoms with Crippen molar-refractivity contribution in [1.82, 2.24) is 0 Å². The van der Waals surface area contributed by atoms with Gasteiger partial charge in [0.1, 0.15) is 5.82 Å². The molecule has 1 aromatic rings. The molecule has 1 N–H and O–H groups in total. The second-order valence-corrected chi connectivity index (χ2v) is 5.46. The smallest absolute Gasteiger partial charge is 0.129 e. The number of rotatable bonds is 2. The molecule has 0 saturated heterocycles. The summed E-state index contributed by atoms with van der Waals surface area (Å²) >= 11 is 3.33. The molecule has 0 heterocycles. The molecule has 1 aliphatic carbocycles. The van der Waals surface area contributed by atoms with Gasteiger partial charge in [0, 0.05) is 10.0 Å². The summed E-state index contributed by atoms with van der Waals surface area (Å²) in [5.74, 6) is -0.123. The van der Waals surface area contributed by atoms with E-state index in [0.29, 0.717) is 12.0 Å². The van der Waals surface area contributed by atoms with E-state index in [1.165, 1.54) is 6.07 Å². The van der Waals surface area contributed by atoms with Gasteiger partial charge in [0.2, 0.25) is 0 Å². The largest absolute Gasteiger partial charge is 0.385 e. The number of hydrogen-bond acceptors (Lipinski definition) is 1. The van der Waals surface area contributed by atoms with E-state index in [1.807, 2.05) is 0 Å². The highest BCUT2D eigenvalue weighted by molar-refractivity contribution is 9.10. The van der Waals surface area contributed by atoms with Gasteiger partial charge in [-0.25, -0.2) is 4.39 Å². The number of hydrogen-bond donors (Lipinski definition) is 1. The Morgan fingerprint density at radius 3 is 3.00 bits per heavy atom. The van der Waals surface area contributed by atoms with E-state index in [0.717, 1.165) is 23.7 Å². The van der Waals surface area contributed by atoms with Crippen molar-refractivity contribution in [3.63, 3.8) is 0 Å². The van der Waals surface area contributed by atoms with Gasteiger partial charge in [-0.3, -0.25) is 0 Å². The highest BCUT2D eigenvalue weighted by Gasteiger charge is 2.43. The van der Waals surface area contributed by atoms with Crippen LogP contribution in [0.25, 0.3) is 0 Å². The molecule has 2 unspecified atom stereocenters. The summed E-state index contributed by atoms with van der Waals surface area (Å²) in [6.45, 7) is 2.05. The summed E-state index contributed by atoms with van der Waals surface area (Å²) in [7, 11) is 0. The summed E-state index contributed by atoms with van der Waals surface area (Å²) in [5.41, 5.74) is -0.519. The van der Waals surface area contributed by atoms with E-state index >= 15 is 0 Å². The van der Waals surface area contributed by atoms with Gasteiger partial charge in [0.25, 0.3) is 0 Å². The molecule has 1 aliphatic rings. The molecule has 0 aromatic heterocycles. The molecule has 1 aromatic carbocycles. The molecule has 1 fully saturated rings. The molecule has 16 heavy (non-hydrogen) atoms. The Labute approximate surface area is 104 Å². The Hall–Kier alpha value is -0.410. The molecule has 0 aliphatic heterocycles. The van der Waals surface area contributed by atoms with Crippen molar-refractivity contribution < 1.29 is 9.50 Å². The minimum Gasteiger partial charge on any atom is -0.385 e. The quantitative estimate of drug-likeness (QED) is 0.872. The SMILES string of the molecule is CCC1CCCC1(O)c1cc(Br)ccc1F. The minimum atomic E-state index is -0.970. The van der Waals surface area contributed by atoms with Crippen molar-refractivity contribution in [1.29, 1.82) is 0 Å². The molecule has 1 nitrogen and oxygen atoms in total. The lowest BCUT2D eigenvalue weighted by Gasteiger charge is -2.30. The fourth-order valence-electron chi connectivity index (χ4n) is 2.79. The first-order valence-corrected chi connectivity index (χ1v) is 6.55. The molecule has 0 radical (unpaired) electrons. The first-order valence-electron chi connectivity index (χ1n) is 5.76. The Bertz CT molecular complexity index is 394. The van der Waals surface area contributed by atoms with Gasteiger partial charge in [-0.2, -0.15) is 0 Å². The highest BCUT2D eigenvalue weighted by Crippen LogP contribution is 2.46. The minimum absolute atomic E-state index is 0.177. The van der Waals surface area contributed by atoms with Crippen molar-refractivity contribution >= 4 is 15.9 Å². The summed E-state index contributed by atoms with van der Waals surface area (Å²) in [6.07, 6.45) is 3.52. The van der Waals surface area contributed by atoms with Gasteiger partial charge in [-0.05, 0) is 43.4 Å². The molecule has 2 atom stereocenters. The second-order valence-electron chi connectivity index (χ2n) is 4.55. The van der Waals surface area contributed by atoms with Crippen molar-refractivity contribution in [2.45, 2.75) is 38.2 Å². The maximum atomic E-state index is 13.8. The monoisotopic (exact) mass is 286 g/mol. The molecule has 1 saturated carbocycles. The molecule has 0 bridgehead atoms. The fraction of sp³-hybridized carbons (Fsp3) is 0.538. The van der Waals surface area contributed by atoms with E-state index in [1.54, 1.807) is 12.1 Å². The third kappa shape index (κ3) is 1.91. The van der Waals surface area contributed by atoms with Crippen LogP contribution in [0.4, 0.5) is 4.39 Å². The van der Waals surface area contributed by atoms with E-state index in [4.69, 9.17) is 0 Å². The molecular formula is C13H16BrFO. The van der Waals surface area contributed by atoms with E-state index in [-0.39, 0.29) is 11.7 Å². The lowest BCUT2D eigenvalue weighted by molar-refractivity contribution is -0.00708. The second kappa shape index (κ2) is 4.46. The molecular weight excluding hydrogens is 271 g/mol. The molecule has 88 valence electrons. The molecule has 0 spiro atoms. The van der Waals surface area contributed by atoms with Crippen molar-refractivity contribution in [2.75, 3.05) is 0 Å². The Balaban J connectivity index is 2.45. The van der Waals surface area contributed by atoms with Crippen LogP contribution in [0.2, 0.25) is 0 Å². The summed E-state index contributed by atoms with van der Waals surface area (Å²) in [4.78, 5) is 0. The average molecular weight is 287 g/mol. The van der Waals surface area contributed by atoms with Gasteiger partial charge in [-0.15, -0.1) is 0 Å². The normalized spacial score (nSPS) is 29.6. The Kier molecular flexibility index (Phi) is 3.36. The maximum absolute atomic E-state index is 13.8. The number of benzene rings is 1. The lowest BCUT2D eigenvalue weighted by atomic mass is 9.82. The first kappa shape index (κ1) is 12.1. The third-order valence-corrected chi connectivity index (χ3v) is 4.17. The predicted molar refractivity (Wildman–Crippen MR) is 65.6 cm³/mol.